The third-order valence-electron chi connectivity index (χ3n) is 13.6. The first-order valence-electron chi connectivity index (χ1n) is 21.0. The number of hydrogen-bond acceptors (Lipinski definition) is 1. The second-order valence-electron chi connectivity index (χ2n) is 17.2. The largest absolute Gasteiger partial charge is 0.135 e. The fourth-order valence-electron chi connectivity index (χ4n) is 10.8. The second kappa shape index (κ2) is 12.5. The number of benzene rings is 11. The van der Waals surface area contributed by atoms with Crippen molar-refractivity contribution in [3.05, 3.63) is 205 Å². The molecule has 0 unspecified atom stereocenters. The Hall–Kier alpha value is -7.06. The van der Waals surface area contributed by atoms with E-state index in [0.29, 0.717) is 0 Å². The lowest BCUT2D eigenvalue weighted by Crippen LogP contribution is -2.15. The molecule has 12 aromatic rings. The predicted molar refractivity (Wildman–Crippen MR) is 261 cm³/mol. The van der Waals surface area contributed by atoms with Gasteiger partial charge in [0.1, 0.15) is 0 Å². The summed E-state index contributed by atoms with van der Waals surface area (Å²) in [4.78, 5) is 0. The highest BCUT2D eigenvalue weighted by atomic mass is 32.1. The fourth-order valence-corrected chi connectivity index (χ4v) is 12.1. The minimum Gasteiger partial charge on any atom is -0.135 e. The van der Waals surface area contributed by atoms with Crippen LogP contribution in [-0.2, 0) is 5.41 Å². The maximum Gasteiger partial charge on any atom is 0.0437 e. The van der Waals surface area contributed by atoms with Crippen molar-refractivity contribution in [1.29, 1.82) is 0 Å². The van der Waals surface area contributed by atoms with E-state index in [4.69, 9.17) is 0 Å². The SMILES string of the molecule is CC1(C)c2ccc(-c3ccc4cc(-c5c6ccccc6c(-c6ccc7ccccc7c6)c6ccccc56)ccc4c3)cc2-c2c1c1c3ccccc3sc1c1ccccc21. The van der Waals surface area contributed by atoms with Crippen LogP contribution in [0.4, 0.5) is 0 Å². The Balaban J connectivity index is 0.958. The molecule has 1 aliphatic rings. The van der Waals surface area contributed by atoms with Gasteiger partial charge in [-0.1, -0.05) is 178 Å². The average Bonchev–Trinajstić information content (AvgIpc) is 3.79. The van der Waals surface area contributed by atoms with Crippen LogP contribution in [0.2, 0.25) is 0 Å². The Kier molecular flexibility index (Phi) is 7.04. The molecule has 0 N–H and O–H groups in total. The van der Waals surface area contributed by atoms with E-state index in [9.17, 15) is 0 Å². The van der Waals surface area contributed by atoms with Crippen molar-refractivity contribution < 1.29 is 0 Å². The van der Waals surface area contributed by atoms with E-state index in [1.165, 1.54) is 130 Å². The summed E-state index contributed by atoms with van der Waals surface area (Å²) in [6.45, 7) is 4.85. The third-order valence-corrected chi connectivity index (χ3v) is 14.8. The Bertz CT molecular complexity index is 3750. The molecule has 13 rings (SSSR count). The van der Waals surface area contributed by atoms with Crippen molar-refractivity contribution in [2.75, 3.05) is 0 Å². The van der Waals surface area contributed by atoms with E-state index in [0.717, 1.165) is 0 Å². The topological polar surface area (TPSA) is 0 Å². The maximum atomic E-state index is 2.47. The highest BCUT2D eigenvalue weighted by Crippen LogP contribution is 2.57. The van der Waals surface area contributed by atoms with Gasteiger partial charge in [-0.15, -0.1) is 11.3 Å². The van der Waals surface area contributed by atoms with E-state index in [1.54, 1.807) is 0 Å². The lowest BCUT2D eigenvalue weighted by Gasteiger charge is -2.23. The van der Waals surface area contributed by atoms with E-state index in [1.807, 2.05) is 11.3 Å². The molecule has 11 aromatic carbocycles. The first-order chi connectivity index (χ1) is 29.5. The highest BCUT2D eigenvalue weighted by Gasteiger charge is 2.39. The minimum absolute atomic E-state index is 0.128. The molecule has 1 aliphatic carbocycles. The molecule has 0 spiro atoms. The molecule has 0 nitrogen and oxygen atoms in total. The summed E-state index contributed by atoms with van der Waals surface area (Å²) in [6.07, 6.45) is 0. The maximum absolute atomic E-state index is 2.47. The normalized spacial score (nSPS) is 13.3. The summed E-state index contributed by atoms with van der Waals surface area (Å²) in [6, 6.07) is 72.8. The van der Waals surface area contributed by atoms with Crippen molar-refractivity contribution in [1.82, 2.24) is 0 Å². The number of rotatable bonds is 3. The van der Waals surface area contributed by atoms with E-state index in [-0.39, 0.29) is 5.41 Å². The zero-order chi connectivity index (χ0) is 39.7. The van der Waals surface area contributed by atoms with Crippen LogP contribution >= 0.6 is 11.3 Å². The Morgan fingerprint density at radius 1 is 0.350 bits per heavy atom. The van der Waals surface area contributed by atoms with Gasteiger partial charge >= 0.3 is 0 Å². The smallest absolute Gasteiger partial charge is 0.0437 e. The second-order valence-corrected chi connectivity index (χ2v) is 18.2. The van der Waals surface area contributed by atoms with Gasteiger partial charge in [0.05, 0.1) is 0 Å². The van der Waals surface area contributed by atoms with Gasteiger partial charge in [0.15, 0.2) is 0 Å². The van der Waals surface area contributed by atoms with E-state index >= 15 is 0 Å². The van der Waals surface area contributed by atoms with Crippen molar-refractivity contribution in [3.8, 4) is 44.5 Å². The molecule has 0 aliphatic heterocycles. The van der Waals surface area contributed by atoms with E-state index < -0.39 is 0 Å². The van der Waals surface area contributed by atoms with Gasteiger partial charge in [0, 0.05) is 31.0 Å². The van der Waals surface area contributed by atoms with Crippen LogP contribution < -0.4 is 0 Å². The monoisotopic (exact) mass is 778 g/mol. The van der Waals surface area contributed by atoms with Crippen molar-refractivity contribution in [2.45, 2.75) is 19.3 Å². The quantitative estimate of drug-likeness (QED) is 0.157. The molecule has 0 saturated heterocycles. The summed E-state index contributed by atoms with van der Waals surface area (Å²) in [7, 11) is 0. The van der Waals surface area contributed by atoms with Crippen molar-refractivity contribution in [3.63, 3.8) is 0 Å². The molecule has 0 radical (unpaired) electrons. The predicted octanol–water partition coefficient (Wildman–Crippen LogP) is 17.1. The van der Waals surface area contributed by atoms with Crippen molar-refractivity contribution >= 4 is 85.4 Å². The molecule has 0 bridgehead atoms. The van der Waals surface area contributed by atoms with Gasteiger partial charge in [0.25, 0.3) is 0 Å². The lowest BCUT2D eigenvalue weighted by atomic mass is 9.79. The fraction of sp³-hybridized carbons (Fsp3) is 0.0508. The van der Waals surface area contributed by atoms with Gasteiger partial charge < -0.3 is 0 Å². The standard InChI is InChI=1S/C59H38S/c1-59(2)51-30-29-40(34-50(51)55-47-19-9-10-20-48(47)58-56(57(55)59)49-21-11-12-22-52(49)60-58)38-24-25-39-33-42(28-26-37(39)31-38)54-45-17-7-5-15-43(45)53(44-16-6-8-18-46(44)54)41-27-23-35-13-3-4-14-36(35)32-41/h3-34H,1-2H3. The summed E-state index contributed by atoms with van der Waals surface area (Å²) >= 11 is 1.94. The lowest BCUT2D eigenvalue weighted by molar-refractivity contribution is 0.667. The summed E-state index contributed by atoms with van der Waals surface area (Å²) in [5, 5.41) is 15.6. The first-order valence-corrected chi connectivity index (χ1v) is 21.8. The molecule has 1 heterocycles. The molecule has 60 heavy (non-hydrogen) atoms. The molecule has 0 amide bonds. The van der Waals surface area contributed by atoms with Crippen LogP contribution in [0.1, 0.15) is 25.0 Å². The molecule has 1 aromatic heterocycles. The van der Waals surface area contributed by atoms with E-state index in [2.05, 4.69) is 208 Å². The molecule has 0 atom stereocenters. The van der Waals surface area contributed by atoms with Gasteiger partial charge in [-0.2, -0.15) is 0 Å². The van der Waals surface area contributed by atoms with Crippen molar-refractivity contribution in [2.24, 2.45) is 0 Å². The Morgan fingerprint density at radius 2 is 0.783 bits per heavy atom. The number of hydrogen-bond donors (Lipinski definition) is 0. The molecular weight excluding hydrogens is 741 g/mol. The highest BCUT2D eigenvalue weighted by molar-refractivity contribution is 7.26. The van der Waals surface area contributed by atoms with Gasteiger partial charge in [-0.3, -0.25) is 0 Å². The number of fused-ring (bicyclic) bond motifs is 14. The van der Waals surface area contributed by atoms with Gasteiger partial charge in [0.2, 0.25) is 0 Å². The van der Waals surface area contributed by atoms with Gasteiger partial charge in [-0.05, 0) is 134 Å². The molecule has 0 saturated carbocycles. The molecule has 1 heteroatoms. The minimum atomic E-state index is -0.128. The summed E-state index contributed by atoms with van der Waals surface area (Å²) in [5.41, 5.74) is 13.1. The van der Waals surface area contributed by atoms with Crippen LogP contribution in [0.25, 0.3) is 119 Å². The van der Waals surface area contributed by atoms with Crippen LogP contribution in [0.3, 0.4) is 0 Å². The molecular formula is C59H38S. The zero-order valence-electron chi connectivity index (χ0n) is 33.4. The first kappa shape index (κ1) is 33.9. The Morgan fingerprint density at radius 3 is 1.42 bits per heavy atom. The van der Waals surface area contributed by atoms with Crippen LogP contribution in [0, 0.1) is 0 Å². The summed E-state index contributed by atoms with van der Waals surface area (Å²) < 4.78 is 2.76. The molecule has 0 fully saturated rings. The van der Waals surface area contributed by atoms with Gasteiger partial charge in [-0.25, -0.2) is 0 Å². The number of thiophene rings is 1. The Labute approximate surface area is 352 Å². The van der Waals surface area contributed by atoms with Crippen LogP contribution in [0.5, 0.6) is 0 Å². The third kappa shape index (κ3) is 4.73. The zero-order valence-corrected chi connectivity index (χ0v) is 34.2. The van der Waals surface area contributed by atoms with Crippen LogP contribution in [-0.4, -0.2) is 0 Å². The molecule has 280 valence electrons. The van der Waals surface area contributed by atoms with Crippen LogP contribution in [0.15, 0.2) is 194 Å². The average molecular weight is 779 g/mol. The summed E-state index contributed by atoms with van der Waals surface area (Å²) in [5.74, 6) is 0.